The van der Waals surface area contributed by atoms with Crippen LogP contribution in [-0.2, 0) is 4.74 Å². The minimum atomic E-state index is 0.434. The summed E-state index contributed by atoms with van der Waals surface area (Å²) in [7, 11) is 1.71. The number of nitrogens with zero attached hydrogens (tertiary/aromatic N) is 2. The summed E-state index contributed by atoms with van der Waals surface area (Å²) in [6.45, 7) is 6.66. The van der Waals surface area contributed by atoms with E-state index >= 15 is 0 Å². The van der Waals surface area contributed by atoms with E-state index in [1.165, 1.54) is 0 Å². The lowest BCUT2D eigenvalue weighted by Crippen LogP contribution is -2.17. The topological polar surface area (TPSA) is 59.1 Å². The van der Waals surface area contributed by atoms with Gasteiger partial charge < -0.3 is 15.4 Å². The van der Waals surface area contributed by atoms with Gasteiger partial charge in [0.25, 0.3) is 0 Å². The molecule has 5 nitrogen and oxygen atoms in total. The average molecular weight is 317 g/mol. The number of hydrogen-bond acceptors (Lipinski definition) is 5. The molecule has 0 amide bonds. The standard InChI is InChI=1S/C12H21BrN4O/c1-4-5-14-12-16-7-10(13)11(17-12)15-6-9(2)8-18-3/h7,9H,4-6,8H2,1-3H3,(H2,14,15,16,17). The summed E-state index contributed by atoms with van der Waals surface area (Å²) in [6, 6.07) is 0. The Kier molecular flexibility index (Phi) is 6.97. The van der Waals surface area contributed by atoms with Crippen LogP contribution in [0.3, 0.4) is 0 Å². The van der Waals surface area contributed by atoms with Crippen molar-refractivity contribution >= 4 is 27.7 Å². The van der Waals surface area contributed by atoms with E-state index in [-0.39, 0.29) is 0 Å². The van der Waals surface area contributed by atoms with E-state index in [0.29, 0.717) is 11.9 Å². The van der Waals surface area contributed by atoms with Crippen molar-refractivity contribution in [3.8, 4) is 0 Å². The van der Waals surface area contributed by atoms with Crippen molar-refractivity contribution in [2.24, 2.45) is 5.92 Å². The summed E-state index contributed by atoms with van der Waals surface area (Å²) in [5.74, 6) is 1.90. The van der Waals surface area contributed by atoms with E-state index in [1.807, 2.05) is 0 Å². The van der Waals surface area contributed by atoms with E-state index in [1.54, 1.807) is 13.3 Å². The number of aromatic nitrogens is 2. The van der Waals surface area contributed by atoms with Gasteiger partial charge in [0.15, 0.2) is 0 Å². The van der Waals surface area contributed by atoms with E-state index in [4.69, 9.17) is 4.74 Å². The molecule has 0 saturated carbocycles. The third kappa shape index (κ3) is 5.18. The van der Waals surface area contributed by atoms with Crippen LogP contribution in [0.5, 0.6) is 0 Å². The van der Waals surface area contributed by atoms with Gasteiger partial charge in [-0.3, -0.25) is 0 Å². The Morgan fingerprint density at radius 3 is 2.89 bits per heavy atom. The van der Waals surface area contributed by atoms with Gasteiger partial charge in [-0.25, -0.2) is 4.98 Å². The van der Waals surface area contributed by atoms with E-state index in [0.717, 1.165) is 36.4 Å². The monoisotopic (exact) mass is 316 g/mol. The number of methoxy groups -OCH3 is 1. The molecule has 0 saturated heterocycles. The molecule has 1 aromatic heterocycles. The van der Waals surface area contributed by atoms with Crippen molar-refractivity contribution < 1.29 is 4.74 Å². The van der Waals surface area contributed by atoms with Gasteiger partial charge in [-0.1, -0.05) is 13.8 Å². The maximum Gasteiger partial charge on any atom is 0.224 e. The maximum absolute atomic E-state index is 5.10. The molecule has 1 heterocycles. The molecule has 0 aromatic carbocycles. The Hall–Kier alpha value is -0.880. The molecule has 1 rings (SSSR count). The van der Waals surface area contributed by atoms with Gasteiger partial charge in [0.05, 0.1) is 11.1 Å². The molecule has 0 aliphatic heterocycles. The zero-order valence-corrected chi connectivity index (χ0v) is 12.7. The van der Waals surface area contributed by atoms with Crippen molar-refractivity contribution in [2.75, 3.05) is 37.4 Å². The fourth-order valence-electron chi connectivity index (χ4n) is 1.43. The van der Waals surface area contributed by atoms with Gasteiger partial charge in [0.2, 0.25) is 5.95 Å². The molecule has 102 valence electrons. The molecule has 1 atom stereocenters. The Labute approximate surface area is 117 Å². The molecule has 1 unspecified atom stereocenters. The van der Waals surface area contributed by atoms with Gasteiger partial charge in [-0.15, -0.1) is 0 Å². The van der Waals surface area contributed by atoms with Crippen LogP contribution in [0.2, 0.25) is 0 Å². The normalized spacial score (nSPS) is 12.2. The second-order valence-electron chi connectivity index (χ2n) is 4.26. The smallest absolute Gasteiger partial charge is 0.224 e. The minimum Gasteiger partial charge on any atom is -0.384 e. The van der Waals surface area contributed by atoms with Crippen molar-refractivity contribution in [1.29, 1.82) is 0 Å². The van der Waals surface area contributed by atoms with Crippen LogP contribution < -0.4 is 10.6 Å². The van der Waals surface area contributed by atoms with Crippen LogP contribution in [0.4, 0.5) is 11.8 Å². The van der Waals surface area contributed by atoms with Crippen LogP contribution in [-0.4, -0.2) is 36.8 Å². The molecule has 0 spiro atoms. The molecule has 0 aliphatic carbocycles. The largest absolute Gasteiger partial charge is 0.384 e. The number of ether oxygens (including phenoxy) is 1. The van der Waals surface area contributed by atoms with Crippen LogP contribution in [0.15, 0.2) is 10.7 Å². The highest BCUT2D eigenvalue weighted by Gasteiger charge is 2.06. The third-order valence-electron chi connectivity index (χ3n) is 2.35. The van der Waals surface area contributed by atoms with Gasteiger partial charge in [0.1, 0.15) is 5.82 Å². The molecule has 2 N–H and O–H groups in total. The van der Waals surface area contributed by atoms with Gasteiger partial charge >= 0.3 is 0 Å². The molecule has 18 heavy (non-hydrogen) atoms. The second kappa shape index (κ2) is 8.26. The first-order valence-corrected chi connectivity index (χ1v) is 6.95. The molecule has 6 heteroatoms. The zero-order valence-electron chi connectivity index (χ0n) is 11.2. The van der Waals surface area contributed by atoms with Crippen molar-refractivity contribution in [2.45, 2.75) is 20.3 Å². The summed E-state index contributed by atoms with van der Waals surface area (Å²) in [5, 5.41) is 6.46. The van der Waals surface area contributed by atoms with Gasteiger partial charge in [-0.05, 0) is 28.3 Å². The highest BCUT2D eigenvalue weighted by atomic mass is 79.9. The molecule has 0 radical (unpaired) electrons. The van der Waals surface area contributed by atoms with Crippen LogP contribution >= 0.6 is 15.9 Å². The molecule has 1 aromatic rings. The van der Waals surface area contributed by atoms with Crippen molar-refractivity contribution in [3.05, 3.63) is 10.7 Å². The van der Waals surface area contributed by atoms with Gasteiger partial charge in [0, 0.05) is 26.4 Å². The molecule has 0 aliphatic rings. The number of halogens is 1. The van der Waals surface area contributed by atoms with E-state index < -0.39 is 0 Å². The second-order valence-corrected chi connectivity index (χ2v) is 5.11. The summed E-state index contributed by atoms with van der Waals surface area (Å²) in [5.41, 5.74) is 0. The first-order chi connectivity index (χ1) is 8.67. The van der Waals surface area contributed by atoms with Gasteiger partial charge in [-0.2, -0.15) is 4.98 Å². The predicted octanol–water partition coefficient (Wildman–Crippen LogP) is 2.76. The number of nitrogens with one attached hydrogen (secondary N) is 2. The van der Waals surface area contributed by atoms with Crippen LogP contribution in [0.1, 0.15) is 20.3 Å². The Morgan fingerprint density at radius 1 is 1.44 bits per heavy atom. The molecular weight excluding hydrogens is 296 g/mol. The van der Waals surface area contributed by atoms with Crippen molar-refractivity contribution in [1.82, 2.24) is 9.97 Å². The molecule has 0 bridgehead atoms. The number of hydrogen-bond donors (Lipinski definition) is 2. The first kappa shape index (κ1) is 15.2. The summed E-state index contributed by atoms with van der Waals surface area (Å²) >= 11 is 3.44. The SMILES string of the molecule is CCCNc1ncc(Br)c(NCC(C)COC)n1. The average Bonchev–Trinajstić information content (AvgIpc) is 2.36. The van der Waals surface area contributed by atoms with E-state index in [9.17, 15) is 0 Å². The number of anilines is 2. The third-order valence-corrected chi connectivity index (χ3v) is 2.93. The van der Waals surface area contributed by atoms with E-state index in [2.05, 4.69) is 50.4 Å². The lowest BCUT2D eigenvalue weighted by atomic mass is 10.2. The highest BCUT2D eigenvalue weighted by Crippen LogP contribution is 2.20. The minimum absolute atomic E-state index is 0.434. The lowest BCUT2D eigenvalue weighted by molar-refractivity contribution is 0.164. The Balaban J connectivity index is 2.57. The lowest BCUT2D eigenvalue weighted by Gasteiger charge is -2.13. The summed E-state index contributed by atoms with van der Waals surface area (Å²) < 4.78 is 5.97. The van der Waals surface area contributed by atoms with Crippen LogP contribution in [0.25, 0.3) is 0 Å². The summed E-state index contributed by atoms with van der Waals surface area (Å²) in [6.07, 6.45) is 2.81. The predicted molar refractivity (Wildman–Crippen MR) is 78.0 cm³/mol. The van der Waals surface area contributed by atoms with Crippen molar-refractivity contribution in [3.63, 3.8) is 0 Å². The quantitative estimate of drug-likeness (QED) is 0.772. The Morgan fingerprint density at radius 2 is 2.22 bits per heavy atom. The Bertz CT molecular complexity index is 362. The highest BCUT2D eigenvalue weighted by molar-refractivity contribution is 9.10. The fraction of sp³-hybridized carbons (Fsp3) is 0.667. The molecule has 0 fully saturated rings. The first-order valence-electron chi connectivity index (χ1n) is 6.16. The number of rotatable bonds is 8. The fourth-order valence-corrected chi connectivity index (χ4v) is 1.76. The maximum atomic E-state index is 5.10. The zero-order chi connectivity index (χ0) is 13.4. The van der Waals surface area contributed by atoms with Crippen LogP contribution in [0, 0.1) is 5.92 Å². The molecular formula is C12H21BrN4O. The summed E-state index contributed by atoms with van der Waals surface area (Å²) in [4.78, 5) is 8.63.